The zero-order chi connectivity index (χ0) is 15.4. The van der Waals surface area contributed by atoms with Crippen molar-refractivity contribution in [2.45, 2.75) is 31.9 Å². The Morgan fingerprint density at radius 1 is 1.43 bits per heavy atom. The number of rotatable bonds is 4. The number of urea groups is 1. The highest BCUT2D eigenvalue weighted by Crippen LogP contribution is 2.18. The smallest absolute Gasteiger partial charge is 0.339 e. The van der Waals surface area contributed by atoms with Crippen LogP contribution in [0, 0.1) is 0 Å². The van der Waals surface area contributed by atoms with Gasteiger partial charge in [0, 0.05) is 12.2 Å². The summed E-state index contributed by atoms with van der Waals surface area (Å²) in [4.78, 5) is 38.6. The van der Waals surface area contributed by atoms with Crippen LogP contribution in [0.15, 0.2) is 18.3 Å². The van der Waals surface area contributed by atoms with Gasteiger partial charge in [0.2, 0.25) is 0 Å². The van der Waals surface area contributed by atoms with Crippen molar-refractivity contribution in [1.29, 1.82) is 0 Å². The average molecular weight is 312 g/mol. The number of nitrogens with zero attached hydrogens (tertiary/aromatic N) is 1. The lowest BCUT2D eigenvalue weighted by Gasteiger charge is -2.13. The van der Waals surface area contributed by atoms with E-state index < -0.39 is 24.0 Å². The minimum Gasteiger partial charge on any atom is -0.449 e. The summed E-state index contributed by atoms with van der Waals surface area (Å²) in [5.41, 5.74) is 0.178. The molecule has 0 saturated heterocycles. The first kappa shape index (κ1) is 15.2. The lowest BCUT2D eigenvalue weighted by atomic mass is 10.3. The third-order valence-corrected chi connectivity index (χ3v) is 2.97. The van der Waals surface area contributed by atoms with Crippen LogP contribution in [0.1, 0.15) is 30.1 Å². The number of halogens is 1. The Kier molecular flexibility index (Phi) is 4.74. The molecule has 2 N–H and O–H groups in total. The van der Waals surface area contributed by atoms with Gasteiger partial charge < -0.3 is 10.1 Å². The van der Waals surface area contributed by atoms with E-state index in [0.717, 1.165) is 12.8 Å². The molecule has 1 heterocycles. The maximum Gasteiger partial charge on any atom is 0.339 e. The van der Waals surface area contributed by atoms with E-state index in [4.69, 9.17) is 16.3 Å². The van der Waals surface area contributed by atoms with E-state index in [9.17, 15) is 14.4 Å². The zero-order valence-electron chi connectivity index (χ0n) is 11.3. The number of esters is 1. The molecule has 21 heavy (non-hydrogen) atoms. The molecule has 2 rings (SSSR count). The van der Waals surface area contributed by atoms with Crippen molar-refractivity contribution in [2.24, 2.45) is 0 Å². The summed E-state index contributed by atoms with van der Waals surface area (Å²) in [5.74, 6) is -1.41. The highest BCUT2D eigenvalue weighted by molar-refractivity contribution is 6.29. The van der Waals surface area contributed by atoms with Crippen LogP contribution in [0.25, 0.3) is 0 Å². The average Bonchev–Trinajstić information content (AvgIpc) is 3.22. The number of aromatic nitrogens is 1. The first-order chi connectivity index (χ1) is 9.95. The van der Waals surface area contributed by atoms with E-state index in [1.807, 2.05) is 0 Å². The van der Waals surface area contributed by atoms with Gasteiger partial charge in [-0.25, -0.2) is 14.6 Å². The van der Waals surface area contributed by atoms with E-state index in [0.29, 0.717) is 0 Å². The fourth-order valence-electron chi connectivity index (χ4n) is 1.47. The third kappa shape index (κ3) is 4.71. The fraction of sp³-hybridized carbons (Fsp3) is 0.385. The number of carbonyl (C=O) groups excluding carboxylic acids is 3. The Labute approximate surface area is 126 Å². The maximum absolute atomic E-state index is 11.8. The first-order valence-corrected chi connectivity index (χ1v) is 6.77. The van der Waals surface area contributed by atoms with Gasteiger partial charge in [0.1, 0.15) is 5.15 Å². The molecule has 1 aromatic rings. The highest BCUT2D eigenvalue weighted by Gasteiger charge is 2.26. The van der Waals surface area contributed by atoms with E-state index in [1.165, 1.54) is 25.3 Å². The normalized spacial score (nSPS) is 15.0. The molecule has 3 amide bonds. The van der Waals surface area contributed by atoms with E-state index >= 15 is 0 Å². The quantitative estimate of drug-likeness (QED) is 0.644. The van der Waals surface area contributed by atoms with Crippen LogP contribution >= 0.6 is 11.6 Å². The van der Waals surface area contributed by atoms with Gasteiger partial charge in [-0.15, -0.1) is 0 Å². The van der Waals surface area contributed by atoms with Crippen molar-refractivity contribution >= 4 is 29.5 Å². The molecule has 7 nitrogen and oxygen atoms in total. The largest absolute Gasteiger partial charge is 0.449 e. The number of nitrogens with one attached hydrogen (secondary N) is 2. The van der Waals surface area contributed by atoms with Crippen LogP contribution in [-0.2, 0) is 9.53 Å². The van der Waals surface area contributed by atoms with Crippen molar-refractivity contribution in [3.63, 3.8) is 0 Å². The Morgan fingerprint density at radius 2 is 2.14 bits per heavy atom. The van der Waals surface area contributed by atoms with Crippen LogP contribution in [0.5, 0.6) is 0 Å². The molecule has 0 bridgehead atoms. The van der Waals surface area contributed by atoms with Gasteiger partial charge in [-0.1, -0.05) is 11.6 Å². The lowest BCUT2D eigenvalue weighted by Crippen LogP contribution is -2.45. The summed E-state index contributed by atoms with van der Waals surface area (Å²) in [6.07, 6.45) is 2.07. The number of pyridine rings is 1. The summed E-state index contributed by atoms with van der Waals surface area (Å²) in [7, 11) is 0. The minimum absolute atomic E-state index is 0.134. The minimum atomic E-state index is -1.10. The second-order valence-electron chi connectivity index (χ2n) is 4.65. The second kappa shape index (κ2) is 6.53. The number of hydrogen-bond acceptors (Lipinski definition) is 5. The monoisotopic (exact) mass is 311 g/mol. The first-order valence-electron chi connectivity index (χ1n) is 6.39. The molecule has 112 valence electrons. The molecule has 0 aliphatic heterocycles. The fourth-order valence-corrected chi connectivity index (χ4v) is 1.65. The van der Waals surface area contributed by atoms with Crippen molar-refractivity contribution in [3.05, 3.63) is 29.0 Å². The molecule has 0 aromatic carbocycles. The summed E-state index contributed by atoms with van der Waals surface area (Å²) in [6, 6.07) is 2.29. The molecular weight excluding hydrogens is 298 g/mol. The van der Waals surface area contributed by atoms with Gasteiger partial charge in [-0.05, 0) is 31.9 Å². The van der Waals surface area contributed by atoms with Gasteiger partial charge in [0.15, 0.2) is 6.10 Å². The topological polar surface area (TPSA) is 97.4 Å². The lowest BCUT2D eigenvalue weighted by molar-refractivity contribution is -0.127. The molecule has 8 heteroatoms. The van der Waals surface area contributed by atoms with Gasteiger partial charge >= 0.3 is 12.0 Å². The second-order valence-corrected chi connectivity index (χ2v) is 5.04. The Balaban J connectivity index is 1.84. The van der Waals surface area contributed by atoms with Crippen LogP contribution < -0.4 is 10.6 Å². The highest BCUT2D eigenvalue weighted by atomic mass is 35.5. The summed E-state index contributed by atoms with van der Waals surface area (Å²) in [6.45, 7) is 1.38. The number of carbonyl (C=O) groups is 3. The van der Waals surface area contributed by atoms with Gasteiger partial charge in [-0.2, -0.15) is 0 Å². The van der Waals surface area contributed by atoms with Gasteiger partial charge in [-0.3, -0.25) is 10.1 Å². The van der Waals surface area contributed by atoms with Crippen LogP contribution in [0.4, 0.5) is 4.79 Å². The molecule has 1 aliphatic carbocycles. The predicted molar refractivity (Wildman–Crippen MR) is 73.8 cm³/mol. The third-order valence-electron chi connectivity index (χ3n) is 2.76. The molecule has 1 saturated carbocycles. The van der Waals surface area contributed by atoms with Crippen LogP contribution in [0.3, 0.4) is 0 Å². The van der Waals surface area contributed by atoms with Crippen molar-refractivity contribution in [3.8, 4) is 0 Å². The van der Waals surface area contributed by atoms with E-state index in [2.05, 4.69) is 15.6 Å². The van der Waals surface area contributed by atoms with Crippen LogP contribution in [-0.4, -0.2) is 35.0 Å². The van der Waals surface area contributed by atoms with Crippen molar-refractivity contribution < 1.29 is 19.1 Å². The Morgan fingerprint density at radius 3 is 2.76 bits per heavy atom. The SMILES string of the molecule is CC(OC(=O)c1ccnc(Cl)c1)C(=O)NC(=O)NC1CC1. The van der Waals surface area contributed by atoms with E-state index in [-0.39, 0.29) is 16.8 Å². The summed E-state index contributed by atoms with van der Waals surface area (Å²) < 4.78 is 4.96. The molecule has 1 aromatic heterocycles. The molecule has 0 spiro atoms. The zero-order valence-corrected chi connectivity index (χ0v) is 12.0. The van der Waals surface area contributed by atoms with Crippen molar-refractivity contribution in [2.75, 3.05) is 0 Å². The summed E-state index contributed by atoms with van der Waals surface area (Å²) >= 11 is 5.66. The maximum atomic E-state index is 11.8. The molecule has 0 radical (unpaired) electrons. The Hall–Kier alpha value is -2.15. The number of ether oxygens (including phenoxy) is 1. The Bertz CT molecular complexity index is 574. The summed E-state index contributed by atoms with van der Waals surface area (Å²) in [5, 5.41) is 4.85. The van der Waals surface area contributed by atoms with Crippen molar-refractivity contribution in [1.82, 2.24) is 15.6 Å². The number of imide groups is 1. The molecule has 1 atom stereocenters. The van der Waals surface area contributed by atoms with Crippen LogP contribution in [0.2, 0.25) is 5.15 Å². The molecule has 1 aliphatic rings. The number of hydrogen-bond donors (Lipinski definition) is 2. The van der Waals surface area contributed by atoms with E-state index in [1.54, 1.807) is 0 Å². The standard InChI is InChI=1S/C13H14ClN3O4/c1-7(11(18)17-13(20)16-9-2-3-9)21-12(19)8-4-5-15-10(14)6-8/h4-7,9H,2-3H2,1H3,(H2,16,17,18,20). The van der Waals surface area contributed by atoms with Gasteiger partial charge in [0.25, 0.3) is 5.91 Å². The molecule has 1 fully saturated rings. The van der Waals surface area contributed by atoms with Gasteiger partial charge in [0.05, 0.1) is 5.56 Å². The predicted octanol–water partition coefficient (Wildman–Crippen LogP) is 1.27. The number of amides is 3. The molecule has 1 unspecified atom stereocenters. The molecular formula is C13H14ClN3O4.